The van der Waals surface area contributed by atoms with E-state index in [0.717, 1.165) is 19.3 Å². The predicted molar refractivity (Wildman–Crippen MR) is 109 cm³/mol. The van der Waals surface area contributed by atoms with E-state index in [1.807, 2.05) is 12.1 Å². The number of furan rings is 1. The van der Waals surface area contributed by atoms with Crippen LogP contribution in [0.3, 0.4) is 0 Å². The van der Waals surface area contributed by atoms with Gasteiger partial charge in [0.25, 0.3) is 11.8 Å². The Balaban J connectivity index is 1.28. The smallest absolute Gasteiger partial charge is 0.291 e. The molecule has 29 heavy (non-hydrogen) atoms. The molecule has 0 bridgehead atoms. The Morgan fingerprint density at radius 2 is 1.86 bits per heavy atom. The summed E-state index contributed by atoms with van der Waals surface area (Å²) in [7, 11) is 0. The van der Waals surface area contributed by atoms with E-state index in [1.165, 1.54) is 17.4 Å². The van der Waals surface area contributed by atoms with Crippen LogP contribution in [0.2, 0.25) is 0 Å². The minimum atomic E-state index is -0.323. The molecular formula is C23H22N2O4. The minimum Gasteiger partial charge on any atom is -0.484 e. The Bertz CT molecular complexity index is 980. The Kier molecular flexibility index (Phi) is 5.61. The van der Waals surface area contributed by atoms with Crippen molar-refractivity contribution >= 4 is 17.5 Å². The Morgan fingerprint density at radius 3 is 2.66 bits per heavy atom. The molecule has 2 amide bonds. The quantitative estimate of drug-likeness (QED) is 0.664. The van der Waals surface area contributed by atoms with E-state index in [0.29, 0.717) is 11.4 Å². The molecule has 6 nitrogen and oxygen atoms in total. The summed E-state index contributed by atoms with van der Waals surface area (Å²) in [6, 6.07) is 18.4. The zero-order valence-electron chi connectivity index (χ0n) is 15.9. The average molecular weight is 390 g/mol. The van der Waals surface area contributed by atoms with Crippen LogP contribution in [0.4, 0.5) is 5.69 Å². The summed E-state index contributed by atoms with van der Waals surface area (Å²) in [6.07, 6.45) is 4.51. The highest BCUT2D eigenvalue weighted by atomic mass is 16.5. The van der Waals surface area contributed by atoms with Crippen molar-refractivity contribution in [1.82, 2.24) is 5.32 Å². The number of nitrogens with one attached hydrogen (secondary N) is 2. The SMILES string of the molecule is O=C(COc1ccc(NC(=O)c2ccco2)cc1)NC1CCCc2ccccc21. The van der Waals surface area contributed by atoms with E-state index in [1.54, 1.807) is 36.4 Å². The van der Waals surface area contributed by atoms with Crippen LogP contribution in [-0.2, 0) is 11.2 Å². The maximum atomic E-state index is 12.3. The van der Waals surface area contributed by atoms with E-state index in [-0.39, 0.29) is 30.2 Å². The summed E-state index contributed by atoms with van der Waals surface area (Å²) < 4.78 is 10.6. The third-order valence-electron chi connectivity index (χ3n) is 4.93. The molecule has 0 saturated carbocycles. The topological polar surface area (TPSA) is 80.6 Å². The minimum absolute atomic E-state index is 0.0373. The van der Waals surface area contributed by atoms with E-state index >= 15 is 0 Å². The van der Waals surface area contributed by atoms with Crippen LogP contribution in [0, 0.1) is 0 Å². The molecule has 1 aromatic heterocycles. The fourth-order valence-corrected chi connectivity index (χ4v) is 3.52. The highest BCUT2D eigenvalue weighted by Crippen LogP contribution is 2.29. The normalized spacial score (nSPS) is 15.2. The summed E-state index contributed by atoms with van der Waals surface area (Å²) in [4.78, 5) is 24.3. The molecule has 0 spiro atoms. The first-order valence-corrected chi connectivity index (χ1v) is 9.64. The molecule has 148 valence electrons. The van der Waals surface area contributed by atoms with Crippen LogP contribution < -0.4 is 15.4 Å². The van der Waals surface area contributed by atoms with Gasteiger partial charge >= 0.3 is 0 Å². The number of ether oxygens (including phenoxy) is 1. The molecule has 0 fully saturated rings. The number of anilines is 1. The van der Waals surface area contributed by atoms with Crippen molar-refractivity contribution in [3.63, 3.8) is 0 Å². The molecule has 0 saturated heterocycles. The fourth-order valence-electron chi connectivity index (χ4n) is 3.52. The van der Waals surface area contributed by atoms with Gasteiger partial charge in [0, 0.05) is 5.69 Å². The van der Waals surface area contributed by atoms with Gasteiger partial charge in [-0.15, -0.1) is 0 Å². The first-order valence-electron chi connectivity index (χ1n) is 9.64. The first-order chi connectivity index (χ1) is 14.2. The lowest BCUT2D eigenvalue weighted by Crippen LogP contribution is -2.34. The number of fused-ring (bicyclic) bond motifs is 1. The summed E-state index contributed by atoms with van der Waals surface area (Å²) in [5.74, 6) is 0.323. The average Bonchev–Trinajstić information content (AvgIpc) is 3.29. The highest BCUT2D eigenvalue weighted by molar-refractivity contribution is 6.02. The van der Waals surface area contributed by atoms with Crippen molar-refractivity contribution in [2.24, 2.45) is 0 Å². The number of carbonyl (C=O) groups is 2. The van der Waals surface area contributed by atoms with Crippen molar-refractivity contribution in [1.29, 1.82) is 0 Å². The lowest BCUT2D eigenvalue weighted by atomic mass is 9.88. The monoisotopic (exact) mass is 390 g/mol. The van der Waals surface area contributed by atoms with Gasteiger partial charge < -0.3 is 19.8 Å². The highest BCUT2D eigenvalue weighted by Gasteiger charge is 2.21. The summed E-state index contributed by atoms with van der Waals surface area (Å²) in [5.41, 5.74) is 3.11. The summed E-state index contributed by atoms with van der Waals surface area (Å²) in [5, 5.41) is 5.80. The van der Waals surface area contributed by atoms with Gasteiger partial charge in [0.1, 0.15) is 5.75 Å². The fraction of sp³-hybridized carbons (Fsp3) is 0.217. The Labute approximate surface area is 168 Å². The second-order valence-electron chi connectivity index (χ2n) is 6.96. The van der Waals surface area contributed by atoms with Crippen molar-refractivity contribution < 1.29 is 18.7 Å². The third-order valence-corrected chi connectivity index (χ3v) is 4.93. The molecule has 1 heterocycles. The van der Waals surface area contributed by atoms with Crippen LogP contribution in [0.25, 0.3) is 0 Å². The van der Waals surface area contributed by atoms with Crippen LogP contribution in [0.15, 0.2) is 71.3 Å². The number of hydrogen-bond donors (Lipinski definition) is 2. The lowest BCUT2D eigenvalue weighted by Gasteiger charge is -2.26. The van der Waals surface area contributed by atoms with Gasteiger partial charge in [0.15, 0.2) is 12.4 Å². The number of aryl methyl sites for hydroxylation is 1. The van der Waals surface area contributed by atoms with E-state index in [9.17, 15) is 9.59 Å². The van der Waals surface area contributed by atoms with Gasteiger partial charge in [-0.2, -0.15) is 0 Å². The van der Waals surface area contributed by atoms with Crippen LogP contribution in [0.1, 0.15) is 40.6 Å². The Hall–Kier alpha value is -3.54. The van der Waals surface area contributed by atoms with E-state index in [4.69, 9.17) is 9.15 Å². The molecule has 0 aliphatic heterocycles. The number of carbonyl (C=O) groups excluding carboxylic acids is 2. The molecule has 2 N–H and O–H groups in total. The van der Waals surface area contributed by atoms with Gasteiger partial charge in [0.05, 0.1) is 12.3 Å². The first kappa shape index (κ1) is 18.8. The largest absolute Gasteiger partial charge is 0.484 e. The van der Waals surface area contributed by atoms with Gasteiger partial charge in [-0.3, -0.25) is 9.59 Å². The van der Waals surface area contributed by atoms with Crippen molar-refractivity contribution in [2.45, 2.75) is 25.3 Å². The molecule has 1 aliphatic rings. The molecule has 1 aliphatic carbocycles. The maximum Gasteiger partial charge on any atom is 0.291 e. The van der Waals surface area contributed by atoms with Crippen LogP contribution in [-0.4, -0.2) is 18.4 Å². The van der Waals surface area contributed by atoms with Gasteiger partial charge in [-0.25, -0.2) is 0 Å². The molecular weight excluding hydrogens is 368 g/mol. The maximum absolute atomic E-state index is 12.3. The third kappa shape index (κ3) is 4.66. The summed E-state index contributed by atoms with van der Waals surface area (Å²) in [6.45, 7) is -0.0588. The van der Waals surface area contributed by atoms with Gasteiger partial charge in [-0.1, -0.05) is 24.3 Å². The Morgan fingerprint density at radius 1 is 1.03 bits per heavy atom. The second-order valence-corrected chi connectivity index (χ2v) is 6.96. The number of hydrogen-bond acceptors (Lipinski definition) is 4. The van der Waals surface area contributed by atoms with Crippen LogP contribution in [0.5, 0.6) is 5.75 Å². The second kappa shape index (κ2) is 8.65. The number of rotatable bonds is 6. The number of benzene rings is 2. The molecule has 0 radical (unpaired) electrons. The van der Waals surface area contributed by atoms with Crippen molar-refractivity contribution in [3.8, 4) is 5.75 Å². The van der Waals surface area contributed by atoms with Gasteiger partial charge in [-0.05, 0) is 66.8 Å². The predicted octanol–water partition coefficient (Wildman–Crippen LogP) is 4.10. The molecule has 1 atom stereocenters. The lowest BCUT2D eigenvalue weighted by molar-refractivity contribution is -0.123. The van der Waals surface area contributed by atoms with Crippen molar-refractivity contribution in [3.05, 3.63) is 83.8 Å². The molecule has 1 unspecified atom stereocenters. The van der Waals surface area contributed by atoms with Crippen LogP contribution >= 0.6 is 0 Å². The molecule has 2 aromatic carbocycles. The zero-order chi connectivity index (χ0) is 20.1. The van der Waals surface area contributed by atoms with E-state index in [2.05, 4.69) is 22.8 Å². The summed E-state index contributed by atoms with van der Waals surface area (Å²) >= 11 is 0. The standard InChI is InChI=1S/C23H22N2O4/c26-22(25-20-8-3-6-16-5-1-2-7-19(16)20)15-29-18-12-10-17(11-13-18)24-23(27)21-9-4-14-28-21/h1-2,4-5,7,9-14,20H,3,6,8,15H2,(H,24,27)(H,25,26). The van der Waals surface area contributed by atoms with Gasteiger partial charge in [0.2, 0.25) is 0 Å². The zero-order valence-corrected chi connectivity index (χ0v) is 15.9. The van der Waals surface area contributed by atoms with Crippen molar-refractivity contribution in [2.75, 3.05) is 11.9 Å². The number of amides is 2. The van der Waals surface area contributed by atoms with E-state index < -0.39 is 0 Å². The molecule has 6 heteroatoms. The molecule has 3 aromatic rings. The molecule has 4 rings (SSSR count).